The van der Waals surface area contributed by atoms with Crippen LogP contribution in [0.15, 0.2) is 60.8 Å². The first-order valence-corrected chi connectivity index (χ1v) is 10.6. The molecule has 154 valence electrons. The molecule has 3 aromatic rings. The van der Waals surface area contributed by atoms with Gasteiger partial charge in [-0.2, -0.15) is 0 Å². The number of rotatable bonds is 7. The third-order valence-corrected chi connectivity index (χ3v) is 6.79. The summed E-state index contributed by atoms with van der Waals surface area (Å²) < 4.78 is 5.90. The largest absolute Gasteiger partial charge is 0.390 e. The first-order chi connectivity index (χ1) is 14.1. The minimum atomic E-state index is -0.406. The molecule has 0 radical (unpaired) electrons. The number of aliphatic hydroxyl groups is 1. The zero-order chi connectivity index (χ0) is 20.3. The van der Waals surface area contributed by atoms with Gasteiger partial charge in [0.05, 0.1) is 19.3 Å². The molecule has 0 amide bonds. The van der Waals surface area contributed by atoms with Crippen LogP contribution in [0.1, 0.15) is 36.8 Å². The van der Waals surface area contributed by atoms with Gasteiger partial charge < -0.3 is 14.8 Å². The Kier molecular flexibility index (Phi) is 6.04. The quantitative estimate of drug-likeness (QED) is 0.613. The Hall–Kier alpha value is -2.14. The van der Waals surface area contributed by atoms with E-state index in [0.717, 1.165) is 36.8 Å². The van der Waals surface area contributed by atoms with E-state index >= 15 is 0 Å². The van der Waals surface area contributed by atoms with Gasteiger partial charge in [0.1, 0.15) is 0 Å². The van der Waals surface area contributed by atoms with E-state index in [1.54, 1.807) is 0 Å². The van der Waals surface area contributed by atoms with Crippen molar-refractivity contribution in [3.05, 3.63) is 71.9 Å². The Balaban J connectivity index is 1.32. The zero-order valence-electron chi connectivity index (χ0n) is 17.5. The second-order valence-corrected chi connectivity index (χ2v) is 8.57. The number of nitrogens with one attached hydrogen (secondary N) is 1. The van der Waals surface area contributed by atoms with E-state index < -0.39 is 6.10 Å². The standard InChI is InChI=1S/C25H32N2O2/c1-27(2)25(21-8-4-3-5-9-21)14-12-19(13-15-25)24(28)18-29-17-20-16-26-23-11-7-6-10-22(20)23/h3-11,16,19,24,26,28H,12-15,17-18H2,1-2H3. The predicted octanol–water partition coefficient (Wildman–Crippen LogP) is 4.69. The van der Waals surface area contributed by atoms with Crippen molar-refractivity contribution in [2.45, 2.75) is 43.9 Å². The number of fused-ring (bicyclic) bond motifs is 1. The first kappa shape index (κ1) is 20.1. The number of benzene rings is 2. The summed E-state index contributed by atoms with van der Waals surface area (Å²) in [5, 5.41) is 11.9. The highest BCUT2D eigenvalue weighted by Gasteiger charge is 2.40. The Morgan fingerprint density at radius 2 is 1.76 bits per heavy atom. The number of hydrogen-bond acceptors (Lipinski definition) is 3. The maximum Gasteiger partial charge on any atom is 0.0801 e. The molecule has 0 saturated heterocycles. The summed E-state index contributed by atoms with van der Waals surface area (Å²) in [6.45, 7) is 0.921. The van der Waals surface area contributed by atoms with Crippen molar-refractivity contribution >= 4 is 10.9 Å². The monoisotopic (exact) mass is 392 g/mol. The van der Waals surface area contributed by atoms with Crippen LogP contribution < -0.4 is 0 Å². The molecule has 0 spiro atoms. The summed E-state index contributed by atoms with van der Waals surface area (Å²) in [4.78, 5) is 5.64. The van der Waals surface area contributed by atoms with Crippen molar-refractivity contribution < 1.29 is 9.84 Å². The minimum absolute atomic E-state index is 0.0718. The van der Waals surface area contributed by atoms with E-state index in [0.29, 0.717) is 19.1 Å². The Morgan fingerprint density at radius 3 is 2.48 bits per heavy atom. The third-order valence-electron chi connectivity index (χ3n) is 6.79. The molecule has 4 rings (SSSR count). The zero-order valence-corrected chi connectivity index (χ0v) is 17.5. The van der Waals surface area contributed by atoms with E-state index in [1.807, 2.05) is 18.3 Å². The lowest BCUT2D eigenvalue weighted by Gasteiger charge is -2.46. The van der Waals surface area contributed by atoms with Gasteiger partial charge in [-0.1, -0.05) is 48.5 Å². The maximum absolute atomic E-state index is 10.7. The molecule has 1 aliphatic carbocycles. The molecule has 4 heteroatoms. The first-order valence-electron chi connectivity index (χ1n) is 10.6. The summed E-state index contributed by atoms with van der Waals surface area (Å²) in [7, 11) is 4.35. The molecular weight excluding hydrogens is 360 g/mol. The average molecular weight is 393 g/mol. The second kappa shape index (κ2) is 8.70. The second-order valence-electron chi connectivity index (χ2n) is 8.57. The fraction of sp³-hybridized carbons (Fsp3) is 0.440. The summed E-state index contributed by atoms with van der Waals surface area (Å²) in [6, 6.07) is 19.0. The van der Waals surface area contributed by atoms with E-state index in [1.165, 1.54) is 10.9 Å². The molecule has 4 nitrogen and oxygen atoms in total. The normalized spacial score (nSPS) is 23.5. The predicted molar refractivity (Wildman–Crippen MR) is 118 cm³/mol. The van der Waals surface area contributed by atoms with Crippen LogP contribution >= 0.6 is 0 Å². The number of aromatic amines is 1. The van der Waals surface area contributed by atoms with Crippen LogP contribution in [0.4, 0.5) is 0 Å². The molecule has 1 fully saturated rings. The van der Waals surface area contributed by atoms with Crippen molar-refractivity contribution in [1.29, 1.82) is 0 Å². The van der Waals surface area contributed by atoms with Crippen LogP contribution in [0.25, 0.3) is 10.9 Å². The molecule has 29 heavy (non-hydrogen) atoms. The van der Waals surface area contributed by atoms with Crippen LogP contribution in [-0.2, 0) is 16.9 Å². The fourth-order valence-electron chi connectivity index (χ4n) is 4.92. The minimum Gasteiger partial charge on any atom is -0.390 e. The molecule has 1 aromatic heterocycles. The van der Waals surface area contributed by atoms with Gasteiger partial charge in [-0.15, -0.1) is 0 Å². The molecule has 1 unspecified atom stereocenters. The maximum atomic E-state index is 10.7. The van der Waals surface area contributed by atoms with E-state index in [9.17, 15) is 5.11 Å². The van der Waals surface area contributed by atoms with Crippen LogP contribution in [0.2, 0.25) is 0 Å². The number of aromatic nitrogens is 1. The van der Waals surface area contributed by atoms with Crippen molar-refractivity contribution in [3.63, 3.8) is 0 Å². The Morgan fingerprint density at radius 1 is 1.07 bits per heavy atom. The molecular formula is C25H32N2O2. The number of hydrogen-bond donors (Lipinski definition) is 2. The number of H-pyrrole nitrogens is 1. The van der Waals surface area contributed by atoms with Gasteiger partial charge in [0.15, 0.2) is 0 Å². The third kappa shape index (κ3) is 4.11. The van der Waals surface area contributed by atoms with Crippen LogP contribution in [0.5, 0.6) is 0 Å². The number of para-hydroxylation sites is 1. The molecule has 0 aliphatic heterocycles. The topological polar surface area (TPSA) is 48.5 Å². The van der Waals surface area contributed by atoms with Gasteiger partial charge >= 0.3 is 0 Å². The Bertz CT molecular complexity index is 911. The van der Waals surface area contributed by atoms with Gasteiger partial charge in [-0.25, -0.2) is 0 Å². The molecule has 1 aliphatic rings. The fourth-order valence-corrected chi connectivity index (χ4v) is 4.92. The summed E-state index contributed by atoms with van der Waals surface area (Å²) in [5.41, 5.74) is 3.73. The average Bonchev–Trinajstić information content (AvgIpc) is 3.17. The van der Waals surface area contributed by atoms with E-state index in [-0.39, 0.29) is 5.54 Å². The SMILES string of the molecule is CN(C)C1(c2ccccc2)CCC(C(O)COCc2c[nH]c3ccccc23)CC1. The van der Waals surface area contributed by atoms with Gasteiger partial charge in [0.2, 0.25) is 0 Å². The van der Waals surface area contributed by atoms with Gasteiger partial charge in [0.25, 0.3) is 0 Å². The summed E-state index contributed by atoms with van der Waals surface area (Å²) in [6.07, 6.45) is 5.76. The molecule has 2 N–H and O–H groups in total. The smallest absolute Gasteiger partial charge is 0.0801 e. The van der Waals surface area contributed by atoms with Gasteiger partial charge in [-0.3, -0.25) is 4.90 Å². The molecule has 1 heterocycles. The Labute approximate surface area is 173 Å². The molecule has 2 aromatic carbocycles. The van der Waals surface area contributed by atoms with Gasteiger partial charge in [0, 0.05) is 28.2 Å². The van der Waals surface area contributed by atoms with Crippen LogP contribution in [0.3, 0.4) is 0 Å². The van der Waals surface area contributed by atoms with Crippen LogP contribution in [0, 0.1) is 5.92 Å². The highest BCUT2D eigenvalue weighted by Crippen LogP contribution is 2.43. The highest BCUT2D eigenvalue weighted by molar-refractivity contribution is 5.82. The van der Waals surface area contributed by atoms with Crippen molar-refractivity contribution in [2.24, 2.45) is 5.92 Å². The molecule has 0 bridgehead atoms. The van der Waals surface area contributed by atoms with Crippen LogP contribution in [-0.4, -0.2) is 41.8 Å². The van der Waals surface area contributed by atoms with Crippen molar-refractivity contribution in [1.82, 2.24) is 9.88 Å². The van der Waals surface area contributed by atoms with Crippen molar-refractivity contribution in [3.8, 4) is 0 Å². The van der Waals surface area contributed by atoms with Crippen molar-refractivity contribution in [2.75, 3.05) is 20.7 Å². The molecule has 1 saturated carbocycles. The van der Waals surface area contributed by atoms with E-state index in [2.05, 4.69) is 66.4 Å². The lowest BCUT2D eigenvalue weighted by molar-refractivity contribution is -0.0293. The molecule has 1 atom stereocenters. The number of ether oxygens (including phenoxy) is 1. The summed E-state index contributed by atoms with van der Waals surface area (Å²) in [5.74, 6) is 0.301. The lowest BCUT2D eigenvalue weighted by Crippen LogP contribution is -2.46. The summed E-state index contributed by atoms with van der Waals surface area (Å²) >= 11 is 0. The van der Waals surface area contributed by atoms with E-state index in [4.69, 9.17) is 4.74 Å². The number of aliphatic hydroxyl groups excluding tert-OH is 1. The lowest BCUT2D eigenvalue weighted by atomic mass is 9.70. The highest BCUT2D eigenvalue weighted by atomic mass is 16.5. The number of nitrogens with zero attached hydrogens (tertiary/aromatic N) is 1. The van der Waals surface area contributed by atoms with Gasteiger partial charge in [-0.05, 0) is 57.3 Å².